The first-order valence-electron chi connectivity index (χ1n) is 12.6. The molecule has 1 aliphatic rings. The summed E-state index contributed by atoms with van der Waals surface area (Å²) < 4.78 is 16.3. The molecule has 1 saturated carbocycles. The number of nitrogens with zero attached hydrogens (tertiary/aromatic N) is 4. The van der Waals surface area contributed by atoms with Gasteiger partial charge in [0.2, 0.25) is 0 Å². The molecule has 0 unspecified atom stereocenters. The lowest BCUT2D eigenvalue weighted by molar-refractivity contribution is -0.106. The molecule has 1 aliphatic carbocycles. The number of aromatic nitrogens is 2. The van der Waals surface area contributed by atoms with Crippen LogP contribution in [0, 0.1) is 23.1 Å². The van der Waals surface area contributed by atoms with E-state index < -0.39 is 5.82 Å². The molecule has 1 aromatic heterocycles. The maximum absolute atomic E-state index is 14.5. The Morgan fingerprint density at radius 1 is 1.17 bits per heavy atom. The monoisotopic (exact) mass is 488 g/mol. The largest absolute Gasteiger partial charge is 0.368 e. The second-order valence-corrected chi connectivity index (χ2v) is 9.25. The summed E-state index contributed by atoms with van der Waals surface area (Å²) >= 11 is 0. The van der Waals surface area contributed by atoms with Crippen molar-refractivity contribution in [1.82, 2.24) is 15.1 Å². The van der Waals surface area contributed by atoms with Gasteiger partial charge in [0.05, 0.1) is 23.5 Å². The Morgan fingerprint density at radius 2 is 1.94 bits per heavy atom. The van der Waals surface area contributed by atoms with Crippen molar-refractivity contribution in [3.63, 3.8) is 0 Å². The van der Waals surface area contributed by atoms with Gasteiger partial charge in [-0.05, 0) is 62.2 Å². The van der Waals surface area contributed by atoms with Gasteiger partial charge in [0.1, 0.15) is 24.0 Å². The van der Waals surface area contributed by atoms with E-state index in [0.29, 0.717) is 24.6 Å². The topological polar surface area (TPSA) is 86.0 Å². The van der Waals surface area contributed by atoms with Crippen LogP contribution in [-0.4, -0.2) is 49.3 Å². The summed E-state index contributed by atoms with van der Waals surface area (Å²) in [6.45, 7) is 2.65. The van der Waals surface area contributed by atoms with E-state index in [1.54, 1.807) is 10.7 Å². The lowest BCUT2D eigenvalue weighted by Gasteiger charge is -2.22. The average molecular weight is 489 g/mol. The Kier molecular flexibility index (Phi) is 8.69. The van der Waals surface area contributed by atoms with Crippen LogP contribution < -0.4 is 15.5 Å². The van der Waals surface area contributed by atoms with E-state index in [9.17, 15) is 9.18 Å². The van der Waals surface area contributed by atoms with Crippen LogP contribution in [0.4, 0.5) is 15.9 Å². The smallest absolute Gasteiger partial charge is 0.149 e. The van der Waals surface area contributed by atoms with Gasteiger partial charge in [-0.3, -0.25) is 0 Å². The third-order valence-corrected chi connectivity index (χ3v) is 6.78. The van der Waals surface area contributed by atoms with Gasteiger partial charge in [0, 0.05) is 37.0 Å². The van der Waals surface area contributed by atoms with E-state index >= 15 is 0 Å². The van der Waals surface area contributed by atoms with E-state index in [2.05, 4.69) is 10.6 Å². The number of benzene rings is 2. The van der Waals surface area contributed by atoms with Gasteiger partial charge in [-0.25, -0.2) is 9.07 Å². The average Bonchev–Trinajstić information content (AvgIpc) is 3.35. The van der Waals surface area contributed by atoms with Gasteiger partial charge >= 0.3 is 0 Å². The number of nitriles is 1. The van der Waals surface area contributed by atoms with Gasteiger partial charge < -0.3 is 20.3 Å². The number of hydrogen-bond acceptors (Lipinski definition) is 6. The van der Waals surface area contributed by atoms with Gasteiger partial charge in [0.15, 0.2) is 0 Å². The summed E-state index contributed by atoms with van der Waals surface area (Å²) in [6, 6.07) is 16.3. The molecule has 8 heteroatoms. The second-order valence-electron chi connectivity index (χ2n) is 9.25. The van der Waals surface area contributed by atoms with Gasteiger partial charge in [-0.2, -0.15) is 5.26 Å². The number of hydrogen-bond donors (Lipinski definition) is 2. The molecule has 0 saturated heterocycles. The minimum atomic E-state index is -0.552. The molecule has 36 heavy (non-hydrogen) atoms. The molecule has 1 fully saturated rings. The quantitative estimate of drug-likeness (QED) is 0.378. The van der Waals surface area contributed by atoms with Crippen molar-refractivity contribution in [2.45, 2.75) is 32.1 Å². The van der Waals surface area contributed by atoms with Crippen molar-refractivity contribution >= 4 is 17.8 Å². The molecule has 0 aliphatic heterocycles. The Labute approximate surface area is 211 Å². The van der Waals surface area contributed by atoms with Crippen LogP contribution in [0.1, 0.15) is 37.7 Å². The van der Waals surface area contributed by atoms with E-state index in [4.69, 9.17) is 10.4 Å². The van der Waals surface area contributed by atoms with Crippen LogP contribution >= 0.6 is 0 Å². The SMILES string of the molecule is CNCCN(CC=O)c1ccc(-n2nc(NCC3CCCCC3)cc2-c2ccc(C#N)c(F)c2)cc1. The summed E-state index contributed by atoms with van der Waals surface area (Å²) in [7, 11) is 1.88. The molecule has 188 valence electrons. The molecule has 0 amide bonds. The van der Waals surface area contributed by atoms with Crippen molar-refractivity contribution in [2.24, 2.45) is 5.92 Å². The highest BCUT2D eigenvalue weighted by atomic mass is 19.1. The molecule has 0 atom stereocenters. The lowest BCUT2D eigenvalue weighted by atomic mass is 9.89. The van der Waals surface area contributed by atoms with Crippen LogP contribution in [0.25, 0.3) is 16.9 Å². The maximum atomic E-state index is 14.5. The van der Waals surface area contributed by atoms with Crippen LogP contribution in [0.3, 0.4) is 0 Å². The fraction of sp³-hybridized carbons (Fsp3) is 0.393. The fourth-order valence-electron chi connectivity index (χ4n) is 4.74. The lowest BCUT2D eigenvalue weighted by Crippen LogP contribution is -2.32. The van der Waals surface area contributed by atoms with Crippen LogP contribution in [-0.2, 0) is 4.79 Å². The number of halogens is 1. The van der Waals surface area contributed by atoms with Crippen molar-refractivity contribution in [3.8, 4) is 23.0 Å². The third-order valence-electron chi connectivity index (χ3n) is 6.78. The van der Waals surface area contributed by atoms with Gasteiger partial charge in [-0.15, -0.1) is 5.10 Å². The van der Waals surface area contributed by atoms with Crippen molar-refractivity contribution < 1.29 is 9.18 Å². The molecule has 0 radical (unpaired) electrons. The van der Waals surface area contributed by atoms with Crippen molar-refractivity contribution in [1.29, 1.82) is 5.26 Å². The number of nitrogens with one attached hydrogen (secondary N) is 2. The minimum absolute atomic E-state index is 0.0154. The number of carbonyl (C=O) groups excluding carboxylic acids is 1. The third kappa shape index (κ3) is 6.10. The summed E-state index contributed by atoms with van der Waals surface area (Å²) in [5.74, 6) is 0.824. The Balaban J connectivity index is 1.64. The molecular formula is C28H33FN6O. The van der Waals surface area contributed by atoms with E-state index in [-0.39, 0.29) is 5.56 Å². The summed E-state index contributed by atoms with van der Waals surface area (Å²) in [5, 5.41) is 20.5. The Bertz CT molecular complexity index is 1190. The van der Waals surface area contributed by atoms with Gasteiger partial charge in [-0.1, -0.05) is 25.3 Å². The van der Waals surface area contributed by atoms with Crippen LogP contribution in [0.2, 0.25) is 0 Å². The zero-order chi connectivity index (χ0) is 25.3. The summed E-state index contributed by atoms with van der Waals surface area (Å²) in [4.78, 5) is 13.2. The van der Waals surface area contributed by atoms with Crippen molar-refractivity contribution in [2.75, 3.05) is 43.4 Å². The first-order valence-corrected chi connectivity index (χ1v) is 12.6. The minimum Gasteiger partial charge on any atom is -0.368 e. The molecule has 7 nitrogen and oxygen atoms in total. The standard InChI is InChI=1S/C28H33FN6O/c1-31-13-14-34(15-16-36)24-9-11-25(12-10-24)35-27(22-7-8-23(19-30)26(29)17-22)18-28(33-35)32-20-21-5-3-2-4-6-21/h7-12,16-18,21,31H,2-6,13-15,20H2,1H3,(H,32,33). The maximum Gasteiger partial charge on any atom is 0.149 e. The molecule has 0 spiro atoms. The van der Waals surface area contributed by atoms with E-state index in [1.807, 2.05) is 48.3 Å². The molecular weight excluding hydrogens is 455 g/mol. The highest BCUT2D eigenvalue weighted by molar-refractivity contribution is 5.68. The van der Waals surface area contributed by atoms with Gasteiger partial charge in [0.25, 0.3) is 0 Å². The predicted octanol–water partition coefficient (Wildman–Crippen LogP) is 4.77. The van der Waals surface area contributed by atoms with E-state index in [0.717, 1.165) is 42.3 Å². The first kappa shape index (κ1) is 25.4. The van der Waals surface area contributed by atoms with Crippen LogP contribution in [0.15, 0.2) is 48.5 Å². The Morgan fingerprint density at radius 3 is 2.61 bits per heavy atom. The zero-order valence-corrected chi connectivity index (χ0v) is 20.7. The number of carbonyl (C=O) groups is 1. The van der Waals surface area contributed by atoms with Crippen molar-refractivity contribution in [3.05, 3.63) is 59.9 Å². The molecule has 0 bridgehead atoms. The molecule has 1 heterocycles. The summed E-state index contributed by atoms with van der Waals surface area (Å²) in [5.41, 5.74) is 3.16. The highest BCUT2D eigenvalue weighted by Crippen LogP contribution is 2.29. The fourth-order valence-corrected chi connectivity index (χ4v) is 4.74. The number of likely N-dealkylation sites (N-methyl/N-ethyl adjacent to an activating group) is 1. The second kappa shape index (κ2) is 12.3. The van der Waals surface area contributed by atoms with Crippen LogP contribution in [0.5, 0.6) is 0 Å². The van der Waals surface area contributed by atoms with E-state index in [1.165, 1.54) is 44.2 Å². The molecule has 4 rings (SSSR count). The predicted molar refractivity (Wildman–Crippen MR) is 141 cm³/mol. The molecule has 2 aromatic carbocycles. The summed E-state index contributed by atoms with van der Waals surface area (Å²) in [6.07, 6.45) is 7.23. The number of aldehydes is 1. The number of rotatable bonds is 11. The Hall–Kier alpha value is -3.70. The molecule has 2 N–H and O–H groups in total. The number of anilines is 2. The molecule has 3 aromatic rings. The first-order chi connectivity index (χ1) is 17.6. The highest BCUT2D eigenvalue weighted by Gasteiger charge is 2.17. The normalized spacial score (nSPS) is 13.8. The zero-order valence-electron chi connectivity index (χ0n) is 20.7.